The van der Waals surface area contributed by atoms with Crippen molar-refractivity contribution in [3.05, 3.63) is 83.1 Å². The summed E-state index contributed by atoms with van der Waals surface area (Å²) in [5, 5.41) is 0. The van der Waals surface area contributed by atoms with Crippen molar-refractivity contribution in [3.8, 4) is 28.7 Å². The Morgan fingerprint density at radius 2 is 1.61 bits per heavy atom. The van der Waals surface area contributed by atoms with Gasteiger partial charge in [0.2, 0.25) is 11.6 Å². The Bertz CT molecular complexity index is 1370. The van der Waals surface area contributed by atoms with Gasteiger partial charge in [0.05, 0.1) is 34.4 Å². The second-order valence-electron chi connectivity index (χ2n) is 8.03. The van der Waals surface area contributed by atoms with Crippen molar-refractivity contribution in [1.29, 1.82) is 0 Å². The van der Waals surface area contributed by atoms with Crippen molar-refractivity contribution < 1.29 is 38.0 Å². The second-order valence-corrected chi connectivity index (χ2v) is 8.03. The average Bonchev–Trinajstić information content (AvgIpc) is 3.29. The Labute approximate surface area is 220 Å². The van der Waals surface area contributed by atoms with Gasteiger partial charge in [0, 0.05) is 5.56 Å². The minimum absolute atomic E-state index is 0.0880. The monoisotopic (exact) mass is 517 g/mol. The highest BCUT2D eigenvalue weighted by atomic mass is 16.6. The third-order valence-corrected chi connectivity index (χ3v) is 5.52. The van der Waals surface area contributed by atoms with Gasteiger partial charge in [-0.15, -0.1) is 0 Å². The Morgan fingerprint density at radius 3 is 2.24 bits per heavy atom. The molecule has 1 heterocycles. The Hall–Kier alpha value is -4.79. The van der Waals surface area contributed by atoms with Crippen LogP contribution in [0, 0.1) is 0 Å². The highest BCUT2D eigenvalue weighted by molar-refractivity contribution is 6.13. The van der Waals surface area contributed by atoms with Crippen molar-refractivity contribution in [2.45, 2.75) is 13.3 Å². The van der Waals surface area contributed by atoms with Crippen LogP contribution in [0.2, 0.25) is 0 Å². The van der Waals surface area contributed by atoms with Crippen LogP contribution in [0.1, 0.15) is 23.6 Å². The zero-order valence-corrected chi connectivity index (χ0v) is 21.5. The lowest BCUT2D eigenvalue weighted by Gasteiger charge is -2.13. The summed E-state index contributed by atoms with van der Waals surface area (Å²) >= 11 is 0. The van der Waals surface area contributed by atoms with Crippen LogP contribution in [0.25, 0.3) is 6.08 Å². The summed E-state index contributed by atoms with van der Waals surface area (Å²) in [5.74, 6) is 0.916. The molecule has 3 aromatic carbocycles. The summed E-state index contributed by atoms with van der Waals surface area (Å²) < 4.78 is 32.7. The first-order valence-corrected chi connectivity index (χ1v) is 11.8. The van der Waals surface area contributed by atoms with Crippen LogP contribution in [0.4, 0.5) is 0 Å². The highest BCUT2D eigenvalue weighted by Gasteiger charge is 2.27. The van der Waals surface area contributed by atoms with E-state index in [2.05, 4.69) is 4.99 Å². The van der Waals surface area contributed by atoms with Crippen LogP contribution in [0.5, 0.6) is 28.7 Å². The molecule has 4 rings (SSSR count). The molecule has 196 valence electrons. The average molecular weight is 518 g/mol. The maximum atomic E-state index is 12.6. The molecule has 38 heavy (non-hydrogen) atoms. The fraction of sp³-hybridized carbons (Fsp3) is 0.207. The minimum atomic E-state index is -0.620. The summed E-state index contributed by atoms with van der Waals surface area (Å²) in [6.45, 7) is 2.18. The molecule has 0 atom stereocenters. The SMILES string of the molecule is CCOc1cc(/C=C2/N=C(c3cc(OC)c(OC)c(OC)c3)OC2=O)ccc1OC(=O)Cc1ccccc1. The molecule has 0 amide bonds. The molecule has 0 N–H and O–H groups in total. The topological polar surface area (TPSA) is 102 Å². The van der Waals surface area contributed by atoms with Gasteiger partial charge in [-0.05, 0) is 48.4 Å². The molecule has 0 bridgehead atoms. The van der Waals surface area contributed by atoms with Crippen LogP contribution in [-0.2, 0) is 20.7 Å². The van der Waals surface area contributed by atoms with Crippen molar-refractivity contribution >= 4 is 23.9 Å². The number of carbonyl (C=O) groups excluding carboxylic acids is 2. The van der Waals surface area contributed by atoms with Crippen molar-refractivity contribution in [2.75, 3.05) is 27.9 Å². The van der Waals surface area contributed by atoms with E-state index in [1.807, 2.05) is 37.3 Å². The van der Waals surface area contributed by atoms with E-state index in [0.717, 1.165) is 5.56 Å². The largest absolute Gasteiger partial charge is 0.493 e. The maximum absolute atomic E-state index is 12.6. The van der Waals surface area contributed by atoms with E-state index in [4.69, 9.17) is 28.4 Å². The second kappa shape index (κ2) is 12.0. The molecular weight excluding hydrogens is 490 g/mol. The van der Waals surface area contributed by atoms with Crippen molar-refractivity contribution in [2.24, 2.45) is 4.99 Å². The number of aliphatic imine (C=N–C) groups is 1. The predicted octanol–water partition coefficient (Wildman–Crippen LogP) is 4.60. The van der Waals surface area contributed by atoms with Crippen molar-refractivity contribution in [3.63, 3.8) is 0 Å². The number of nitrogens with zero attached hydrogens (tertiary/aromatic N) is 1. The predicted molar refractivity (Wildman–Crippen MR) is 140 cm³/mol. The number of methoxy groups -OCH3 is 3. The molecular formula is C29H27NO8. The number of rotatable bonds is 10. The zero-order valence-electron chi connectivity index (χ0n) is 21.5. The lowest BCUT2D eigenvalue weighted by Crippen LogP contribution is -2.12. The molecule has 0 saturated heterocycles. The van der Waals surface area contributed by atoms with Crippen LogP contribution in [0.3, 0.4) is 0 Å². The first-order chi connectivity index (χ1) is 18.4. The molecule has 1 aliphatic rings. The number of hydrogen-bond donors (Lipinski definition) is 0. The fourth-order valence-electron chi connectivity index (χ4n) is 3.78. The van der Waals surface area contributed by atoms with E-state index in [0.29, 0.717) is 40.7 Å². The molecule has 0 fully saturated rings. The van der Waals surface area contributed by atoms with Gasteiger partial charge in [-0.25, -0.2) is 9.79 Å². The van der Waals surface area contributed by atoms with Gasteiger partial charge < -0.3 is 28.4 Å². The van der Waals surface area contributed by atoms with Crippen LogP contribution < -0.4 is 23.7 Å². The number of carbonyl (C=O) groups is 2. The van der Waals surface area contributed by atoms with Gasteiger partial charge in [0.25, 0.3) is 0 Å². The van der Waals surface area contributed by atoms with E-state index in [9.17, 15) is 9.59 Å². The Kier molecular flexibility index (Phi) is 8.27. The van der Waals surface area contributed by atoms with Gasteiger partial charge in [-0.1, -0.05) is 36.4 Å². The summed E-state index contributed by atoms with van der Waals surface area (Å²) in [4.78, 5) is 29.4. The Balaban J connectivity index is 1.59. The number of benzene rings is 3. The molecule has 0 unspecified atom stereocenters. The third-order valence-electron chi connectivity index (χ3n) is 5.52. The molecule has 0 radical (unpaired) electrons. The minimum Gasteiger partial charge on any atom is -0.493 e. The number of esters is 2. The molecule has 9 heteroatoms. The lowest BCUT2D eigenvalue weighted by molar-refractivity contribution is -0.133. The van der Waals surface area contributed by atoms with Crippen LogP contribution in [0.15, 0.2) is 71.4 Å². The summed E-state index contributed by atoms with van der Waals surface area (Å²) in [7, 11) is 4.49. The van der Waals surface area contributed by atoms with Gasteiger partial charge in [-0.2, -0.15) is 0 Å². The Morgan fingerprint density at radius 1 is 0.895 bits per heavy atom. The molecule has 0 aromatic heterocycles. The molecule has 3 aromatic rings. The first kappa shape index (κ1) is 26.3. The van der Waals surface area contributed by atoms with E-state index in [1.165, 1.54) is 21.3 Å². The van der Waals surface area contributed by atoms with Crippen LogP contribution >= 0.6 is 0 Å². The molecule has 0 aliphatic carbocycles. The van der Waals surface area contributed by atoms with Gasteiger partial charge in [-0.3, -0.25) is 4.79 Å². The number of hydrogen-bond acceptors (Lipinski definition) is 9. The first-order valence-electron chi connectivity index (χ1n) is 11.8. The van der Waals surface area contributed by atoms with E-state index in [1.54, 1.807) is 36.4 Å². The smallest absolute Gasteiger partial charge is 0.363 e. The fourth-order valence-corrected chi connectivity index (χ4v) is 3.78. The van der Waals surface area contributed by atoms with Crippen molar-refractivity contribution in [1.82, 2.24) is 0 Å². The number of cyclic esters (lactones) is 1. The van der Waals surface area contributed by atoms with Crippen LogP contribution in [-0.4, -0.2) is 45.8 Å². The maximum Gasteiger partial charge on any atom is 0.363 e. The summed E-state index contributed by atoms with van der Waals surface area (Å²) in [6, 6.07) is 17.6. The van der Waals surface area contributed by atoms with Gasteiger partial charge in [0.1, 0.15) is 0 Å². The van der Waals surface area contributed by atoms with E-state index < -0.39 is 11.9 Å². The highest BCUT2D eigenvalue weighted by Crippen LogP contribution is 2.39. The summed E-state index contributed by atoms with van der Waals surface area (Å²) in [6.07, 6.45) is 1.69. The lowest BCUT2D eigenvalue weighted by atomic mass is 10.1. The van der Waals surface area contributed by atoms with E-state index in [-0.39, 0.29) is 23.8 Å². The zero-order chi connectivity index (χ0) is 27.1. The standard InChI is InChI=1S/C29H27NO8/c1-5-36-23-14-19(11-12-22(23)37-26(31)15-18-9-7-6-8-10-18)13-21-29(32)38-28(30-21)20-16-24(33-2)27(35-4)25(17-20)34-3/h6-14,16-17H,5,15H2,1-4H3/b21-13+. The van der Waals surface area contributed by atoms with E-state index >= 15 is 0 Å². The molecule has 1 aliphatic heterocycles. The molecule has 0 saturated carbocycles. The normalized spacial score (nSPS) is 13.5. The third kappa shape index (κ3) is 5.95. The molecule has 0 spiro atoms. The quantitative estimate of drug-likeness (QED) is 0.218. The molecule has 9 nitrogen and oxygen atoms in total. The van der Waals surface area contributed by atoms with Gasteiger partial charge >= 0.3 is 11.9 Å². The van der Waals surface area contributed by atoms with Gasteiger partial charge in [0.15, 0.2) is 28.7 Å². The summed E-state index contributed by atoms with van der Waals surface area (Å²) in [5.41, 5.74) is 2.02. The number of ether oxygens (including phenoxy) is 6.